The van der Waals surface area contributed by atoms with Crippen LogP contribution in [0.5, 0.6) is 5.75 Å². The summed E-state index contributed by atoms with van der Waals surface area (Å²) in [4.78, 5) is 25.0. The quantitative estimate of drug-likeness (QED) is 0.263. The van der Waals surface area contributed by atoms with E-state index in [1.54, 1.807) is 56.6 Å². The van der Waals surface area contributed by atoms with Crippen molar-refractivity contribution < 1.29 is 27.5 Å². The summed E-state index contributed by atoms with van der Waals surface area (Å²) in [6.45, 7) is -0.118. The molecule has 11 nitrogen and oxygen atoms in total. The molecule has 0 saturated heterocycles. The topological polar surface area (TPSA) is 142 Å². The van der Waals surface area contributed by atoms with Gasteiger partial charge in [-0.3, -0.25) is 4.79 Å². The smallest absolute Gasteiger partial charge is 0.331 e. The van der Waals surface area contributed by atoms with Crippen LogP contribution in [-0.4, -0.2) is 56.6 Å². The van der Waals surface area contributed by atoms with E-state index in [9.17, 15) is 18.0 Å². The lowest BCUT2D eigenvalue weighted by molar-refractivity contribution is -0.144. The van der Waals surface area contributed by atoms with Crippen molar-refractivity contribution in [2.75, 3.05) is 21.3 Å². The van der Waals surface area contributed by atoms with Gasteiger partial charge in [0.05, 0.1) is 32.7 Å². The number of sulfonamides is 1. The van der Waals surface area contributed by atoms with E-state index in [2.05, 4.69) is 20.4 Å². The molecule has 2 heterocycles. The van der Waals surface area contributed by atoms with Crippen LogP contribution in [0.25, 0.3) is 10.4 Å². The highest BCUT2D eigenvalue weighted by Gasteiger charge is 2.24. The molecule has 1 amide bonds. The predicted octanol–water partition coefficient (Wildman–Crippen LogP) is 2.81. The number of hydrogen-bond acceptors (Lipinski definition) is 9. The van der Waals surface area contributed by atoms with Crippen molar-refractivity contribution in [1.29, 1.82) is 0 Å². The molecule has 0 fully saturated rings. The Balaban J connectivity index is 1.43. The number of thiophene rings is 1. The standard InChI is InChI=1S/C26H27N5O6S2/c1-27-25(32)19-8-6-18(7-9-19)23-12-13-24(38-23)39(34,35)28-15-20-16-31(30-29-20)22(26(33)37-3)14-17-4-10-21(36-2)11-5-17/h4-13,16,22,28H,14-15H2,1-3H3,(H,27,32). The molecule has 0 aliphatic carbocycles. The molecule has 1 unspecified atom stereocenters. The van der Waals surface area contributed by atoms with Gasteiger partial charge in [0, 0.05) is 23.9 Å². The molecule has 0 aliphatic heterocycles. The molecule has 0 saturated carbocycles. The summed E-state index contributed by atoms with van der Waals surface area (Å²) < 4.78 is 40.0. The Morgan fingerprint density at radius 1 is 1.03 bits per heavy atom. The third-order valence-electron chi connectivity index (χ3n) is 5.89. The fourth-order valence-electron chi connectivity index (χ4n) is 3.74. The van der Waals surface area contributed by atoms with Crippen LogP contribution in [0.1, 0.15) is 27.7 Å². The van der Waals surface area contributed by atoms with Crippen molar-refractivity contribution in [3.05, 3.63) is 83.7 Å². The van der Waals surface area contributed by atoms with Crippen molar-refractivity contribution in [3.8, 4) is 16.2 Å². The second-order valence-corrected chi connectivity index (χ2v) is 11.5. The Labute approximate surface area is 229 Å². The third kappa shape index (κ3) is 6.69. The highest BCUT2D eigenvalue weighted by molar-refractivity contribution is 7.91. The first-order valence-electron chi connectivity index (χ1n) is 11.8. The lowest BCUT2D eigenvalue weighted by Crippen LogP contribution is -2.24. The van der Waals surface area contributed by atoms with Crippen molar-refractivity contribution in [2.24, 2.45) is 0 Å². The van der Waals surface area contributed by atoms with Gasteiger partial charge in [-0.05, 0) is 47.5 Å². The van der Waals surface area contributed by atoms with Crippen molar-refractivity contribution in [1.82, 2.24) is 25.0 Å². The maximum Gasteiger partial charge on any atom is 0.331 e. The van der Waals surface area contributed by atoms with Crippen LogP contribution in [0.4, 0.5) is 0 Å². The van der Waals surface area contributed by atoms with Crippen molar-refractivity contribution >= 4 is 33.2 Å². The number of methoxy groups -OCH3 is 2. The number of ether oxygens (including phenoxy) is 2. The maximum atomic E-state index is 12.9. The highest BCUT2D eigenvalue weighted by atomic mass is 32.2. The van der Waals surface area contributed by atoms with Gasteiger partial charge in [-0.15, -0.1) is 16.4 Å². The lowest BCUT2D eigenvalue weighted by atomic mass is 10.1. The van der Waals surface area contributed by atoms with E-state index < -0.39 is 22.0 Å². The van der Waals surface area contributed by atoms with Crippen LogP contribution < -0.4 is 14.8 Å². The zero-order chi connectivity index (χ0) is 28.0. The van der Waals surface area contributed by atoms with E-state index in [4.69, 9.17) is 9.47 Å². The fraction of sp³-hybridized carbons (Fsp3) is 0.231. The van der Waals surface area contributed by atoms with Gasteiger partial charge in [-0.25, -0.2) is 22.6 Å². The van der Waals surface area contributed by atoms with Gasteiger partial charge in [-0.1, -0.05) is 29.5 Å². The number of carbonyl (C=O) groups excluding carboxylic acids is 2. The highest BCUT2D eigenvalue weighted by Crippen LogP contribution is 2.31. The van der Waals surface area contributed by atoms with Gasteiger partial charge in [-0.2, -0.15) is 0 Å². The van der Waals surface area contributed by atoms with Gasteiger partial charge in [0.2, 0.25) is 10.0 Å². The van der Waals surface area contributed by atoms with Crippen molar-refractivity contribution in [2.45, 2.75) is 23.2 Å². The molecular weight excluding hydrogens is 542 g/mol. The van der Waals surface area contributed by atoms with Crippen LogP contribution >= 0.6 is 11.3 Å². The number of amides is 1. The van der Waals surface area contributed by atoms with E-state index in [0.717, 1.165) is 27.3 Å². The average Bonchev–Trinajstić information content (AvgIpc) is 3.65. The summed E-state index contributed by atoms with van der Waals surface area (Å²) in [7, 11) is 0.586. The van der Waals surface area contributed by atoms with Gasteiger partial charge < -0.3 is 14.8 Å². The Kier molecular flexibility index (Phi) is 8.74. The minimum atomic E-state index is -3.83. The number of nitrogens with zero attached hydrogens (tertiary/aromatic N) is 3. The van der Waals surface area contributed by atoms with E-state index in [-0.39, 0.29) is 16.7 Å². The van der Waals surface area contributed by atoms with Crippen LogP contribution in [-0.2, 0) is 32.5 Å². The largest absolute Gasteiger partial charge is 0.497 e. The summed E-state index contributed by atoms with van der Waals surface area (Å²) in [5, 5.41) is 10.6. The molecule has 2 aromatic carbocycles. The van der Waals surface area contributed by atoms with Crippen molar-refractivity contribution in [3.63, 3.8) is 0 Å². The molecule has 1 atom stereocenters. The van der Waals surface area contributed by atoms with Gasteiger partial charge in [0.15, 0.2) is 6.04 Å². The maximum absolute atomic E-state index is 12.9. The van der Waals surface area contributed by atoms with Gasteiger partial charge in [0.1, 0.15) is 9.96 Å². The molecule has 0 aliphatic rings. The SMILES string of the molecule is CNC(=O)c1ccc(-c2ccc(S(=O)(=O)NCc3cn(C(Cc4ccc(OC)cc4)C(=O)OC)nn3)s2)cc1. The first-order valence-corrected chi connectivity index (χ1v) is 14.1. The molecule has 13 heteroatoms. The first kappa shape index (κ1) is 28.0. The third-order valence-corrected chi connectivity index (χ3v) is 8.91. The minimum Gasteiger partial charge on any atom is -0.497 e. The van der Waals surface area contributed by atoms with Crippen LogP contribution in [0.3, 0.4) is 0 Å². The molecule has 0 radical (unpaired) electrons. The van der Waals surface area contributed by atoms with E-state index >= 15 is 0 Å². The molecule has 0 bridgehead atoms. The molecule has 4 aromatic rings. The zero-order valence-corrected chi connectivity index (χ0v) is 23.1. The minimum absolute atomic E-state index is 0.118. The number of nitrogens with one attached hydrogen (secondary N) is 2. The number of rotatable bonds is 11. The second kappa shape index (κ2) is 12.2. The predicted molar refractivity (Wildman–Crippen MR) is 145 cm³/mol. The molecular formula is C26H27N5O6S2. The molecule has 2 aromatic heterocycles. The summed E-state index contributed by atoms with van der Waals surface area (Å²) in [5.74, 6) is -0.00596. The number of hydrogen-bond donors (Lipinski definition) is 2. The number of benzene rings is 2. The summed E-state index contributed by atoms with van der Waals surface area (Å²) in [6, 6.07) is 16.6. The van der Waals surface area contributed by atoms with Crippen LogP contribution in [0.2, 0.25) is 0 Å². The Morgan fingerprint density at radius 3 is 2.38 bits per heavy atom. The monoisotopic (exact) mass is 569 g/mol. The van der Waals surface area contributed by atoms with E-state index in [0.29, 0.717) is 23.4 Å². The number of esters is 1. The molecule has 204 valence electrons. The first-order chi connectivity index (χ1) is 18.7. The van der Waals surface area contributed by atoms with Crippen LogP contribution in [0, 0.1) is 0 Å². The molecule has 39 heavy (non-hydrogen) atoms. The summed E-state index contributed by atoms with van der Waals surface area (Å²) in [6.07, 6.45) is 1.81. The van der Waals surface area contributed by atoms with Gasteiger partial charge in [0.25, 0.3) is 5.91 Å². The van der Waals surface area contributed by atoms with Crippen LogP contribution in [0.15, 0.2) is 71.1 Å². The Hall–Kier alpha value is -4.07. The van der Waals surface area contributed by atoms with Gasteiger partial charge >= 0.3 is 5.97 Å². The fourth-order valence-corrected chi connectivity index (χ4v) is 6.10. The summed E-state index contributed by atoms with van der Waals surface area (Å²) in [5.41, 5.74) is 2.51. The Morgan fingerprint density at radius 2 is 1.74 bits per heavy atom. The average molecular weight is 570 g/mol. The molecule has 0 spiro atoms. The molecule has 4 rings (SSSR count). The Bertz CT molecular complexity index is 1550. The second-order valence-electron chi connectivity index (χ2n) is 8.38. The lowest BCUT2D eigenvalue weighted by Gasteiger charge is -2.14. The number of carbonyl (C=O) groups is 2. The molecule has 2 N–H and O–H groups in total. The van der Waals surface area contributed by atoms with E-state index in [1.807, 2.05) is 12.1 Å². The zero-order valence-electron chi connectivity index (χ0n) is 21.5. The summed E-state index contributed by atoms with van der Waals surface area (Å²) >= 11 is 1.11. The number of aromatic nitrogens is 3. The normalized spacial score (nSPS) is 12.1. The van der Waals surface area contributed by atoms with E-state index in [1.165, 1.54) is 24.1 Å².